The Kier molecular flexibility index (Phi) is 4.69. The Morgan fingerprint density at radius 2 is 1.84 bits per heavy atom. The molecule has 0 aliphatic heterocycles. The number of nitrogens with one attached hydrogen (secondary N) is 1. The Labute approximate surface area is 180 Å². The number of fused-ring (bicyclic) bond motifs is 3. The Morgan fingerprint density at radius 1 is 1.19 bits per heavy atom. The molecule has 1 aromatic carbocycles. The first-order chi connectivity index (χ1) is 15.0. The molecule has 3 aliphatic rings. The number of aromatic hydroxyl groups is 1. The molecule has 4 atom stereocenters. The van der Waals surface area contributed by atoms with Crippen molar-refractivity contribution in [3.63, 3.8) is 0 Å². The van der Waals surface area contributed by atoms with Gasteiger partial charge in [-0.3, -0.25) is 19.7 Å². The minimum atomic E-state index is -2.79. The van der Waals surface area contributed by atoms with E-state index in [4.69, 9.17) is 17.2 Å². The summed E-state index contributed by atoms with van der Waals surface area (Å²) in [6.07, 6.45) is -0.0644. The number of hydrogen-bond acceptors (Lipinski definition) is 11. The monoisotopic (exact) mass is 446 g/mol. The lowest BCUT2D eigenvalue weighted by Crippen LogP contribution is -2.64. The van der Waals surface area contributed by atoms with Crippen LogP contribution in [0, 0.1) is 11.8 Å². The van der Waals surface area contributed by atoms with Crippen LogP contribution in [0.1, 0.15) is 22.3 Å². The van der Waals surface area contributed by atoms with E-state index < -0.39 is 70.5 Å². The van der Waals surface area contributed by atoms with Crippen LogP contribution >= 0.6 is 0 Å². The van der Waals surface area contributed by atoms with Crippen LogP contribution in [0.4, 0.5) is 11.4 Å². The number of aliphatic hydroxyl groups is 4. The molecule has 0 radical (unpaired) electrons. The maximum Gasteiger partial charge on any atom is 0.255 e. The molecule has 0 unspecified atom stereocenters. The summed E-state index contributed by atoms with van der Waals surface area (Å²) in [7, 11) is 0. The molecule has 0 heterocycles. The van der Waals surface area contributed by atoms with Gasteiger partial charge in [-0.1, -0.05) is 0 Å². The maximum atomic E-state index is 13.3. The van der Waals surface area contributed by atoms with Crippen molar-refractivity contribution < 1.29 is 39.9 Å². The zero-order valence-electron chi connectivity index (χ0n) is 16.6. The highest BCUT2D eigenvalue weighted by molar-refractivity contribution is 6.25. The highest BCUT2D eigenvalue weighted by atomic mass is 16.3. The van der Waals surface area contributed by atoms with Crippen LogP contribution in [0.5, 0.6) is 5.75 Å². The van der Waals surface area contributed by atoms with Crippen molar-refractivity contribution in [2.75, 3.05) is 18.2 Å². The van der Waals surface area contributed by atoms with E-state index in [9.17, 15) is 39.9 Å². The van der Waals surface area contributed by atoms with Crippen LogP contribution in [0.3, 0.4) is 0 Å². The lowest BCUT2D eigenvalue weighted by molar-refractivity contribution is -0.146. The van der Waals surface area contributed by atoms with Gasteiger partial charge in [-0.15, -0.1) is 0 Å². The summed E-state index contributed by atoms with van der Waals surface area (Å²) in [5.41, 5.74) is 12.8. The number of benzene rings is 1. The van der Waals surface area contributed by atoms with E-state index in [2.05, 4.69) is 5.32 Å². The maximum absolute atomic E-state index is 13.3. The van der Waals surface area contributed by atoms with Gasteiger partial charge >= 0.3 is 0 Å². The van der Waals surface area contributed by atoms with E-state index in [0.717, 1.165) is 0 Å². The van der Waals surface area contributed by atoms with Gasteiger partial charge in [0.05, 0.1) is 24.0 Å². The molecule has 1 amide bonds. The molecule has 0 bridgehead atoms. The van der Waals surface area contributed by atoms with E-state index in [0.29, 0.717) is 5.56 Å². The lowest BCUT2D eigenvalue weighted by atomic mass is 9.58. The fourth-order valence-electron chi connectivity index (χ4n) is 5.13. The second-order valence-corrected chi connectivity index (χ2v) is 8.15. The molecular formula is C20H22N4O8. The number of carbonyl (C=O) groups is 3. The quantitative estimate of drug-likeness (QED) is 0.0829. The summed E-state index contributed by atoms with van der Waals surface area (Å²) in [5.74, 6) is -7.98. The number of nitrogen functional groups attached to an aromatic ring is 2. The number of nitrogens with two attached hydrogens (primary N) is 3. The molecule has 1 aromatic rings. The van der Waals surface area contributed by atoms with Crippen molar-refractivity contribution in [2.45, 2.75) is 24.5 Å². The lowest BCUT2D eigenvalue weighted by Gasteiger charge is -2.48. The van der Waals surface area contributed by atoms with Gasteiger partial charge in [0.15, 0.2) is 11.4 Å². The van der Waals surface area contributed by atoms with Gasteiger partial charge in [-0.05, 0) is 30.4 Å². The van der Waals surface area contributed by atoms with Crippen LogP contribution in [0.15, 0.2) is 28.7 Å². The van der Waals surface area contributed by atoms with Crippen LogP contribution in [-0.2, 0) is 16.0 Å². The molecular weight excluding hydrogens is 424 g/mol. The number of amides is 1. The molecule has 0 spiro atoms. The third-order valence-electron chi connectivity index (χ3n) is 6.58. The number of carbonyl (C=O) groups excluding carboxylic acids is 3. The Balaban J connectivity index is 1.97. The first-order valence-electron chi connectivity index (χ1n) is 9.69. The predicted molar refractivity (Wildman–Crippen MR) is 109 cm³/mol. The second kappa shape index (κ2) is 6.95. The summed E-state index contributed by atoms with van der Waals surface area (Å²) < 4.78 is 0. The highest BCUT2D eigenvalue weighted by Gasteiger charge is 2.62. The first kappa shape index (κ1) is 21.6. The SMILES string of the molecule is NC(=O)C1=C(O)[C@H](NCO)[C@@H]2C[C@@H]3Cc4c(N)cc(N)c(O)c4C(=O)C3=C(O)[C@]2(O)C1=O. The number of primary amides is 1. The number of phenolic OH excluding ortho intramolecular Hbond substituents is 1. The van der Waals surface area contributed by atoms with Gasteiger partial charge in [0.1, 0.15) is 22.8 Å². The van der Waals surface area contributed by atoms with E-state index in [1.165, 1.54) is 6.07 Å². The van der Waals surface area contributed by atoms with E-state index in [-0.39, 0.29) is 35.4 Å². The number of Topliss-reactive ketones (excluding diaryl/α,β-unsaturated/α-hetero) is 2. The number of allylic oxidation sites excluding steroid dienone is 1. The number of anilines is 2. The molecule has 3 aliphatic carbocycles. The van der Waals surface area contributed by atoms with E-state index in [1.54, 1.807) is 0 Å². The smallest absolute Gasteiger partial charge is 0.255 e. The summed E-state index contributed by atoms with van der Waals surface area (Å²) in [6, 6.07) is -0.0362. The van der Waals surface area contributed by atoms with Crippen molar-refractivity contribution in [3.8, 4) is 5.75 Å². The first-order valence-corrected chi connectivity index (χ1v) is 9.69. The van der Waals surface area contributed by atoms with Crippen LogP contribution in [0.2, 0.25) is 0 Å². The Hall–Kier alpha value is -3.61. The van der Waals surface area contributed by atoms with Gasteiger partial charge in [0, 0.05) is 17.2 Å². The Bertz CT molecular complexity index is 1160. The van der Waals surface area contributed by atoms with Crippen molar-refractivity contribution in [1.82, 2.24) is 5.32 Å². The molecule has 0 aromatic heterocycles. The van der Waals surface area contributed by atoms with Gasteiger partial charge < -0.3 is 42.7 Å². The topological polar surface area (TPSA) is 242 Å². The van der Waals surface area contributed by atoms with Gasteiger partial charge in [-0.25, -0.2) is 0 Å². The fraction of sp³-hybridized carbons (Fsp3) is 0.350. The number of ketones is 2. The van der Waals surface area contributed by atoms with Gasteiger partial charge in [-0.2, -0.15) is 0 Å². The number of rotatable bonds is 3. The number of hydrogen-bond donors (Lipinski definition) is 9. The average Bonchev–Trinajstić information content (AvgIpc) is 2.71. The molecule has 12 nitrogen and oxygen atoms in total. The predicted octanol–water partition coefficient (Wildman–Crippen LogP) is -1.74. The molecule has 170 valence electrons. The highest BCUT2D eigenvalue weighted by Crippen LogP contribution is 2.52. The van der Waals surface area contributed by atoms with Crippen molar-refractivity contribution in [1.29, 1.82) is 0 Å². The second-order valence-electron chi connectivity index (χ2n) is 8.15. The van der Waals surface area contributed by atoms with Crippen LogP contribution < -0.4 is 22.5 Å². The van der Waals surface area contributed by atoms with Crippen molar-refractivity contribution >= 4 is 28.8 Å². The average molecular weight is 446 g/mol. The zero-order chi connectivity index (χ0) is 23.7. The normalized spacial score (nSPS) is 29.5. The minimum Gasteiger partial charge on any atom is -0.510 e. The molecule has 0 fully saturated rings. The summed E-state index contributed by atoms with van der Waals surface area (Å²) in [5, 5.41) is 55.0. The minimum absolute atomic E-state index is 0.0555. The van der Waals surface area contributed by atoms with Crippen LogP contribution in [-0.4, -0.2) is 61.4 Å². The van der Waals surface area contributed by atoms with Gasteiger partial charge in [0.2, 0.25) is 5.78 Å². The molecule has 0 saturated heterocycles. The largest absolute Gasteiger partial charge is 0.510 e. The fourth-order valence-corrected chi connectivity index (χ4v) is 5.13. The standard InChI is InChI=1S/C20H22N4O8/c21-8-3-9(22)14(26)11-6(8)1-5-2-7-13(24-4-25)16(28)12(19(23)31)18(30)20(7,32)17(29)10(5)15(11)27/h3,5,7,13,24-26,28-29,32H,1-2,4,21-22H2,(H2,23,31)/t5-,7-,13+,20-/m0/s1. The van der Waals surface area contributed by atoms with E-state index >= 15 is 0 Å². The summed E-state index contributed by atoms with van der Waals surface area (Å²) in [4.78, 5) is 38.2. The Morgan fingerprint density at radius 3 is 2.44 bits per heavy atom. The summed E-state index contributed by atoms with van der Waals surface area (Å²) in [6.45, 7) is -0.703. The number of phenols is 1. The molecule has 32 heavy (non-hydrogen) atoms. The van der Waals surface area contributed by atoms with Crippen molar-refractivity contribution in [3.05, 3.63) is 39.9 Å². The van der Waals surface area contributed by atoms with Crippen LogP contribution in [0.25, 0.3) is 0 Å². The molecule has 12 heteroatoms. The van der Waals surface area contributed by atoms with E-state index in [1.807, 2.05) is 0 Å². The van der Waals surface area contributed by atoms with Gasteiger partial charge in [0.25, 0.3) is 5.91 Å². The molecule has 4 rings (SSSR count). The third-order valence-corrected chi connectivity index (χ3v) is 6.58. The molecule has 12 N–H and O–H groups in total. The number of aliphatic hydroxyl groups excluding tert-OH is 3. The molecule has 0 saturated carbocycles. The zero-order valence-corrected chi connectivity index (χ0v) is 16.6. The van der Waals surface area contributed by atoms with Crippen molar-refractivity contribution in [2.24, 2.45) is 17.6 Å². The summed E-state index contributed by atoms with van der Waals surface area (Å²) >= 11 is 0. The third kappa shape index (κ3) is 2.57.